The van der Waals surface area contributed by atoms with E-state index >= 15 is 0 Å². The molecule has 0 aromatic carbocycles. The maximum Gasteiger partial charge on any atom is 0.225 e. The molecule has 4 nitrogen and oxygen atoms in total. The number of aryl methyl sites for hydroxylation is 1. The smallest absolute Gasteiger partial charge is 0.225 e. The first-order valence-corrected chi connectivity index (χ1v) is 9.38. The maximum atomic E-state index is 14.4. The Hall–Kier alpha value is -1.20. The lowest BCUT2D eigenvalue weighted by atomic mass is 10.0. The van der Waals surface area contributed by atoms with Gasteiger partial charge in [0.05, 0.1) is 11.1 Å². The molecule has 1 saturated heterocycles. The first-order valence-electron chi connectivity index (χ1n) is 8.63. The summed E-state index contributed by atoms with van der Waals surface area (Å²) in [4.78, 5) is 15.0. The second-order valence-electron chi connectivity index (χ2n) is 5.94. The summed E-state index contributed by atoms with van der Waals surface area (Å²) >= 11 is 12.0. The molecule has 130 valence electrons. The van der Waals surface area contributed by atoms with Gasteiger partial charge in [-0.15, -0.1) is 0 Å². The zero-order valence-corrected chi connectivity index (χ0v) is 15.5. The van der Waals surface area contributed by atoms with Gasteiger partial charge in [-0.25, -0.2) is 14.4 Å². The van der Waals surface area contributed by atoms with Gasteiger partial charge in [0.15, 0.2) is 11.0 Å². The second-order valence-corrected chi connectivity index (χ2v) is 6.63. The highest BCUT2D eigenvalue weighted by molar-refractivity contribution is 6.31. The normalized spacial score (nSPS) is 19.9. The van der Waals surface area contributed by atoms with E-state index in [0.29, 0.717) is 11.4 Å². The number of aromatic nitrogens is 3. The number of rotatable bonds is 0. The fourth-order valence-corrected chi connectivity index (χ4v) is 3.97. The molecule has 4 heterocycles. The minimum Gasteiger partial charge on any atom is -0.353 e. The molecule has 0 N–H and O–H groups in total. The molecule has 2 aromatic heterocycles. The van der Waals surface area contributed by atoms with Gasteiger partial charge >= 0.3 is 0 Å². The summed E-state index contributed by atoms with van der Waals surface area (Å²) in [7, 11) is 0. The van der Waals surface area contributed by atoms with Crippen LogP contribution >= 0.6 is 23.2 Å². The molecular formula is C17H21Cl2FN4. The number of halogens is 3. The Morgan fingerprint density at radius 1 is 1.04 bits per heavy atom. The van der Waals surface area contributed by atoms with E-state index in [1.165, 1.54) is 12.8 Å². The molecule has 1 fully saturated rings. The van der Waals surface area contributed by atoms with Gasteiger partial charge in [-0.2, -0.15) is 4.98 Å². The van der Waals surface area contributed by atoms with Gasteiger partial charge in [-0.05, 0) is 37.3 Å². The molecule has 7 heteroatoms. The predicted octanol–water partition coefficient (Wildman–Crippen LogP) is 5.19. The Balaban J connectivity index is 0.000000815. The van der Waals surface area contributed by atoms with Crippen molar-refractivity contribution in [1.82, 2.24) is 15.0 Å². The zero-order valence-electron chi connectivity index (χ0n) is 13.9. The Labute approximate surface area is 151 Å². The fourth-order valence-electron chi connectivity index (χ4n) is 3.62. The average Bonchev–Trinajstić information content (AvgIpc) is 2.89. The van der Waals surface area contributed by atoms with E-state index in [1.807, 2.05) is 13.8 Å². The molecule has 1 unspecified atom stereocenters. The Bertz CT molecular complexity index is 753. The standard InChI is InChI=1S/C15H15Cl2FN4.C2H6/c16-13-11(18)12-10-9(19-13)6-5-8-4-2-1-3-7-22(8)14(10)21-15(17)20-12;1-2/h8H,1-7H2;1-2H3. The largest absolute Gasteiger partial charge is 0.353 e. The third-order valence-electron chi connectivity index (χ3n) is 4.64. The molecule has 0 spiro atoms. The van der Waals surface area contributed by atoms with Crippen LogP contribution in [0.1, 0.15) is 51.6 Å². The van der Waals surface area contributed by atoms with Crippen molar-refractivity contribution >= 4 is 39.9 Å². The van der Waals surface area contributed by atoms with Crippen molar-refractivity contribution in [3.8, 4) is 0 Å². The van der Waals surface area contributed by atoms with Crippen LogP contribution in [0, 0.1) is 5.82 Å². The number of nitrogens with zero attached hydrogens (tertiary/aromatic N) is 4. The molecule has 0 saturated carbocycles. The lowest BCUT2D eigenvalue weighted by Gasteiger charge is -2.30. The SMILES string of the molecule is CC.Fc1c(Cl)nc2c3c(nc(Cl)nc13)N1CCCCCC1CC2. The van der Waals surface area contributed by atoms with Crippen LogP contribution in [0.25, 0.3) is 10.9 Å². The van der Waals surface area contributed by atoms with Crippen LogP contribution in [0.5, 0.6) is 0 Å². The van der Waals surface area contributed by atoms with Crippen molar-refractivity contribution < 1.29 is 4.39 Å². The Morgan fingerprint density at radius 3 is 2.62 bits per heavy atom. The molecule has 0 amide bonds. The molecule has 0 aliphatic carbocycles. The number of anilines is 1. The minimum atomic E-state index is -0.612. The Kier molecular flexibility index (Phi) is 5.40. The summed E-state index contributed by atoms with van der Waals surface area (Å²) in [5.74, 6) is 0.108. The third kappa shape index (κ3) is 3.04. The molecule has 24 heavy (non-hydrogen) atoms. The lowest BCUT2D eigenvalue weighted by molar-refractivity contribution is 0.535. The number of hydrogen-bond acceptors (Lipinski definition) is 4. The van der Waals surface area contributed by atoms with E-state index in [1.54, 1.807) is 0 Å². The first-order chi connectivity index (χ1) is 11.6. The molecule has 2 aliphatic rings. The topological polar surface area (TPSA) is 41.9 Å². The molecule has 1 atom stereocenters. The van der Waals surface area contributed by atoms with Gasteiger partial charge in [0.2, 0.25) is 5.28 Å². The molecule has 2 aromatic rings. The van der Waals surface area contributed by atoms with Crippen LogP contribution < -0.4 is 4.90 Å². The highest BCUT2D eigenvalue weighted by Crippen LogP contribution is 2.38. The zero-order chi connectivity index (χ0) is 17.3. The molecule has 0 radical (unpaired) electrons. The predicted molar refractivity (Wildman–Crippen MR) is 96.6 cm³/mol. The van der Waals surface area contributed by atoms with Gasteiger partial charge in [-0.1, -0.05) is 38.3 Å². The fraction of sp³-hybridized carbons (Fsp3) is 0.588. The van der Waals surface area contributed by atoms with Crippen molar-refractivity contribution in [3.05, 3.63) is 21.9 Å². The van der Waals surface area contributed by atoms with E-state index in [4.69, 9.17) is 23.2 Å². The van der Waals surface area contributed by atoms with Crippen molar-refractivity contribution in [2.24, 2.45) is 0 Å². The van der Waals surface area contributed by atoms with Crippen LogP contribution in [-0.2, 0) is 6.42 Å². The van der Waals surface area contributed by atoms with Crippen LogP contribution in [0.3, 0.4) is 0 Å². The summed E-state index contributed by atoms with van der Waals surface area (Å²) in [6.07, 6.45) is 6.39. The van der Waals surface area contributed by atoms with Gasteiger partial charge in [0, 0.05) is 12.6 Å². The van der Waals surface area contributed by atoms with Gasteiger partial charge in [0.1, 0.15) is 11.3 Å². The van der Waals surface area contributed by atoms with E-state index in [2.05, 4.69) is 19.9 Å². The summed E-state index contributed by atoms with van der Waals surface area (Å²) in [5, 5.41) is 0.593. The van der Waals surface area contributed by atoms with Gasteiger partial charge in [0.25, 0.3) is 0 Å². The molecule has 2 aliphatic heterocycles. The van der Waals surface area contributed by atoms with Gasteiger partial charge in [-0.3, -0.25) is 0 Å². The second kappa shape index (κ2) is 7.36. The van der Waals surface area contributed by atoms with Crippen LogP contribution in [0.2, 0.25) is 10.4 Å². The highest BCUT2D eigenvalue weighted by Gasteiger charge is 2.30. The van der Waals surface area contributed by atoms with E-state index < -0.39 is 5.82 Å². The average molecular weight is 371 g/mol. The minimum absolute atomic E-state index is 0.0551. The van der Waals surface area contributed by atoms with E-state index in [0.717, 1.165) is 43.7 Å². The van der Waals surface area contributed by atoms with Crippen molar-refractivity contribution in [3.63, 3.8) is 0 Å². The summed E-state index contributed by atoms with van der Waals surface area (Å²) in [5.41, 5.74) is 0.969. The third-order valence-corrected chi connectivity index (χ3v) is 5.06. The summed E-state index contributed by atoms with van der Waals surface area (Å²) in [6, 6.07) is 0.396. The quantitative estimate of drug-likeness (QED) is 0.472. The summed E-state index contributed by atoms with van der Waals surface area (Å²) < 4.78 is 14.4. The highest BCUT2D eigenvalue weighted by atomic mass is 35.5. The van der Waals surface area contributed by atoms with Crippen LogP contribution in [0.15, 0.2) is 0 Å². The molecule has 0 bridgehead atoms. The van der Waals surface area contributed by atoms with E-state index in [9.17, 15) is 4.39 Å². The van der Waals surface area contributed by atoms with E-state index in [-0.39, 0.29) is 16.0 Å². The Morgan fingerprint density at radius 2 is 1.83 bits per heavy atom. The summed E-state index contributed by atoms with van der Waals surface area (Å²) in [6.45, 7) is 4.91. The van der Waals surface area contributed by atoms with Crippen molar-refractivity contribution in [1.29, 1.82) is 0 Å². The first kappa shape index (κ1) is 17.6. The number of fused-ring (bicyclic) bond motifs is 2. The van der Waals surface area contributed by atoms with Crippen LogP contribution in [0.4, 0.5) is 10.2 Å². The van der Waals surface area contributed by atoms with Crippen LogP contribution in [-0.4, -0.2) is 27.5 Å². The van der Waals surface area contributed by atoms with Gasteiger partial charge < -0.3 is 4.90 Å². The monoisotopic (exact) mass is 370 g/mol. The number of pyridine rings is 1. The van der Waals surface area contributed by atoms with Crippen molar-refractivity contribution in [2.45, 2.75) is 58.4 Å². The number of hydrogen-bond donors (Lipinski definition) is 0. The van der Waals surface area contributed by atoms with Crippen molar-refractivity contribution in [2.75, 3.05) is 11.4 Å². The maximum absolute atomic E-state index is 14.4. The lowest BCUT2D eigenvalue weighted by Crippen LogP contribution is -2.35. The molecule has 4 rings (SSSR count). The molecular weight excluding hydrogens is 350 g/mol.